The predicted octanol–water partition coefficient (Wildman–Crippen LogP) is 12.3. The average Bonchev–Trinajstić information content (AvgIpc) is 2.80. The van der Waals surface area contributed by atoms with E-state index in [1.54, 1.807) is 0 Å². The van der Waals surface area contributed by atoms with Crippen molar-refractivity contribution >= 4 is 162 Å². The molecule has 0 radical (unpaired) electrons. The minimum Gasteiger partial charge on any atom is -0.396 e. The Morgan fingerprint density at radius 1 is 0.306 bits per heavy atom. The molecule has 0 aromatic carbocycles. The minimum absolute atomic E-state index is 0.194. The Kier molecular flexibility index (Phi) is 265. The molecule has 0 saturated carbocycles. The van der Waals surface area contributed by atoms with Crippen LogP contribution in [0, 0.1) is 0 Å². The third kappa shape index (κ3) is 524. The zero-order valence-corrected chi connectivity index (χ0v) is 31.5. The number of hydrogen-bond acceptors (Lipinski definition) is 3. The zero-order chi connectivity index (χ0) is 31.3. The van der Waals surface area contributed by atoms with Gasteiger partial charge in [-0.25, -0.2) is 0 Å². The number of aliphatic hydroxyl groups is 3. The summed E-state index contributed by atoms with van der Waals surface area (Å²) in [6.07, 6.45) is 6.11. The van der Waals surface area contributed by atoms with Crippen LogP contribution in [0.3, 0.4) is 0 Å². The van der Waals surface area contributed by atoms with E-state index in [1.165, 1.54) is 0 Å². The highest BCUT2D eigenvalue weighted by Crippen LogP contribution is 1.80. The normalized spacial score (nSPS) is 7.00. The van der Waals surface area contributed by atoms with Crippen LogP contribution in [-0.2, 0) is 0 Å². The molecule has 236 valence electrons. The van der Waals surface area contributed by atoms with Gasteiger partial charge in [-0.1, -0.05) is 40.0 Å². The van der Waals surface area contributed by atoms with Gasteiger partial charge in [0.15, 0.2) is 0 Å². The summed E-state index contributed by atoms with van der Waals surface area (Å²) in [5.41, 5.74) is 0. The van der Waals surface area contributed by atoms with E-state index >= 15 is 0 Å². The lowest BCUT2D eigenvalue weighted by Gasteiger charge is -1.79. The molecular weight excluding hydrogens is 773 g/mol. The fourth-order valence-electron chi connectivity index (χ4n) is 0.474. The molecule has 0 unspecified atom stereocenters. The molecule has 0 aliphatic heterocycles. The van der Waals surface area contributed by atoms with Crippen LogP contribution in [0.4, 0.5) is 0 Å². The molecule has 0 heterocycles. The number of halogens is 14. The summed E-state index contributed by atoms with van der Waals surface area (Å²) in [6.45, 7) is 7.19. The van der Waals surface area contributed by atoms with E-state index in [1.807, 2.05) is 0 Å². The summed E-state index contributed by atoms with van der Waals surface area (Å²) in [5.74, 6) is 0. The van der Waals surface area contributed by atoms with Gasteiger partial charge in [0.05, 0.1) is 37.4 Å². The molecule has 3 nitrogen and oxygen atoms in total. The molecule has 0 aromatic rings. The highest BCUT2D eigenvalue weighted by molar-refractivity contribution is 6.42. The number of rotatable bonds is 6. The molecule has 0 spiro atoms. The zero-order valence-electron chi connectivity index (χ0n) is 20.9. The monoisotopic (exact) mass is 810 g/mol. The van der Waals surface area contributed by atoms with Gasteiger partial charge in [0.2, 0.25) is 0 Å². The van der Waals surface area contributed by atoms with Crippen LogP contribution in [0.25, 0.3) is 0 Å². The van der Waals surface area contributed by atoms with E-state index in [-0.39, 0.29) is 37.4 Å². The number of unbranched alkanes of at least 4 members (excludes halogenated alkanes) is 3. The fraction of sp³-hybridized carbons (Fsp3) is 1.00. The van der Waals surface area contributed by atoms with Crippen molar-refractivity contribution in [3.05, 3.63) is 0 Å². The molecule has 36 heavy (non-hydrogen) atoms. The maximum atomic E-state index is 8.07. The van der Waals surface area contributed by atoms with E-state index in [2.05, 4.69) is 20.8 Å². The Morgan fingerprint density at radius 3 is 0.389 bits per heavy atom. The summed E-state index contributed by atoms with van der Waals surface area (Å²) in [7, 11) is 0. The highest BCUT2D eigenvalue weighted by atomic mass is 35.6. The molecular formula is C19H44Cl14O3. The molecule has 0 aliphatic carbocycles. The second-order valence-corrected chi connectivity index (χ2v) is 9.60. The van der Waals surface area contributed by atoms with Crippen LogP contribution in [0.5, 0.6) is 0 Å². The molecule has 0 fully saturated rings. The van der Waals surface area contributed by atoms with Crippen molar-refractivity contribution in [3.8, 4) is 0 Å². The summed E-state index contributed by atoms with van der Waals surface area (Å²) < 4.78 is 0. The van der Waals surface area contributed by atoms with Gasteiger partial charge >= 0.3 is 0 Å². The van der Waals surface area contributed by atoms with Crippen LogP contribution in [0.2, 0.25) is 0 Å². The van der Waals surface area contributed by atoms with Crippen LogP contribution in [-0.4, -0.2) is 72.5 Å². The number of aliphatic hydroxyl groups excluding tert-OH is 3. The Hall–Kier alpha value is 3.94. The molecule has 0 saturated heterocycles. The van der Waals surface area contributed by atoms with Crippen molar-refractivity contribution in [3.63, 3.8) is 0 Å². The molecule has 0 atom stereocenters. The van der Waals surface area contributed by atoms with Gasteiger partial charge in [-0.15, -0.1) is 162 Å². The largest absolute Gasteiger partial charge is 0.396 e. The first-order valence-corrected chi connectivity index (χ1v) is 17.3. The van der Waals surface area contributed by atoms with E-state index in [0.717, 1.165) is 38.5 Å². The second kappa shape index (κ2) is 141. The van der Waals surface area contributed by atoms with E-state index in [4.69, 9.17) is 178 Å². The standard InChI is InChI=1S/3C4H10O.7CH2Cl2/c3*1-2-3-4-5;7*2-1-3/h3*5H,2-4H2,1H3;7*1H2. The molecule has 17 heteroatoms. The van der Waals surface area contributed by atoms with Gasteiger partial charge in [-0.3, -0.25) is 0 Å². The third-order valence-electron chi connectivity index (χ3n) is 1.54. The Balaban J connectivity index is -0.0000000264. The minimum atomic E-state index is 0.194. The van der Waals surface area contributed by atoms with Gasteiger partial charge in [0.1, 0.15) is 0 Å². The molecule has 0 amide bonds. The lowest BCUT2D eigenvalue weighted by Crippen LogP contribution is -1.75. The first kappa shape index (κ1) is 67.6. The molecule has 0 aliphatic rings. The molecule has 0 bridgehead atoms. The maximum Gasteiger partial charge on any atom is 0.0967 e. The first-order chi connectivity index (χ1) is 17.1. The summed E-state index contributed by atoms with van der Waals surface area (Å²) in [4.78, 5) is 0. The average molecular weight is 817 g/mol. The van der Waals surface area contributed by atoms with Crippen LogP contribution in [0.1, 0.15) is 59.3 Å². The lowest BCUT2D eigenvalue weighted by atomic mass is 10.4. The Labute approximate surface area is 291 Å². The van der Waals surface area contributed by atoms with Crippen LogP contribution in [0.15, 0.2) is 0 Å². The van der Waals surface area contributed by atoms with Gasteiger partial charge in [0, 0.05) is 19.8 Å². The Bertz CT molecular complexity index is 135. The summed E-state index contributed by atoms with van der Waals surface area (Å²) in [6, 6.07) is 0. The van der Waals surface area contributed by atoms with E-state index in [9.17, 15) is 0 Å². The van der Waals surface area contributed by atoms with Crippen molar-refractivity contribution in [2.75, 3.05) is 57.2 Å². The van der Waals surface area contributed by atoms with Crippen LogP contribution >= 0.6 is 162 Å². The fourth-order valence-corrected chi connectivity index (χ4v) is 0.474. The quantitative estimate of drug-likeness (QED) is 0.234. The van der Waals surface area contributed by atoms with E-state index < -0.39 is 0 Å². The molecule has 0 rings (SSSR count). The first-order valence-electron chi connectivity index (χ1n) is 9.81. The van der Waals surface area contributed by atoms with Gasteiger partial charge < -0.3 is 15.3 Å². The predicted molar refractivity (Wildman–Crippen MR) is 182 cm³/mol. The van der Waals surface area contributed by atoms with Crippen LogP contribution < -0.4 is 0 Å². The van der Waals surface area contributed by atoms with Crippen molar-refractivity contribution in [2.24, 2.45) is 0 Å². The van der Waals surface area contributed by atoms with Gasteiger partial charge in [-0.05, 0) is 19.3 Å². The maximum absolute atomic E-state index is 8.07. The molecule has 0 aromatic heterocycles. The topological polar surface area (TPSA) is 60.7 Å². The number of hydrogen-bond donors (Lipinski definition) is 3. The van der Waals surface area contributed by atoms with Crippen molar-refractivity contribution < 1.29 is 15.3 Å². The van der Waals surface area contributed by atoms with Crippen molar-refractivity contribution in [1.82, 2.24) is 0 Å². The Morgan fingerprint density at radius 2 is 0.389 bits per heavy atom. The summed E-state index contributed by atoms with van der Waals surface area (Å²) in [5, 5.41) is 25.6. The summed E-state index contributed by atoms with van der Waals surface area (Å²) >= 11 is 66.7. The number of alkyl halides is 14. The molecule has 3 N–H and O–H groups in total. The highest BCUT2D eigenvalue weighted by Gasteiger charge is 1.70. The van der Waals surface area contributed by atoms with Crippen molar-refractivity contribution in [2.45, 2.75) is 59.3 Å². The SMILES string of the molecule is CCCCO.CCCCO.CCCCO.ClCCl.ClCCl.ClCCl.ClCCl.ClCCl.ClCCl.ClCCl. The third-order valence-corrected chi connectivity index (χ3v) is 1.54. The lowest BCUT2D eigenvalue weighted by molar-refractivity contribution is 0.286. The smallest absolute Gasteiger partial charge is 0.0967 e. The van der Waals surface area contributed by atoms with E-state index in [0.29, 0.717) is 19.8 Å². The van der Waals surface area contributed by atoms with Gasteiger partial charge in [0.25, 0.3) is 0 Å². The van der Waals surface area contributed by atoms with Crippen molar-refractivity contribution in [1.29, 1.82) is 0 Å². The van der Waals surface area contributed by atoms with Gasteiger partial charge in [-0.2, -0.15) is 0 Å². The second-order valence-electron chi connectivity index (χ2n) is 3.94.